The van der Waals surface area contributed by atoms with E-state index in [2.05, 4.69) is 5.32 Å². The molecule has 0 amide bonds. The van der Waals surface area contributed by atoms with Crippen molar-refractivity contribution in [2.75, 3.05) is 25.5 Å². The molecule has 3 nitrogen and oxygen atoms in total. The second kappa shape index (κ2) is 3.09. The first kappa shape index (κ1) is 6.91. The maximum absolute atomic E-state index is 5.46. The van der Waals surface area contributed by atoms with Gasteiger partial charge < -0.3 is 9.47 Å². The molecule has 2 atom stereocenters. The Labute approximate surface area is 64.5 Å². The number of thioether (sulfide) groups is 1. The van der Waals surface area contributed by atoms with E-state index in [0.717, 1.165) is 25.5 Å². The van der Waals surface area contributed by atoms with Crippen LogP contribution >= 0.6 is 11.8 Å². The van der Waals surface area contributed by atoms with Gasteiger partial charge in [0.1, 0.15) is 11.7 Å². The second-order valence-electron chi connectivity index (χ2n) is 2.36. The fourth-order valence-corrected chi connectivity index (χ4v) is 2.14. The molecule has 2 heterocycles. The lowest BCUT2D eigenvalue weighted by Gasteiger charge is -2.35. The van der Waals surface area contributed by atoms with Gasteiger partial charge in [-0.05, 0) is 0 Å². The smallest absolute Gasteiger partial charge is 0.144 e. The number of ether oxygens (including phenoxy) is 2. The van der Waals surface area contributed by atoms with Crippen molar-refractivity contribution < 1.29 is 9.47 Å². The molecule has 2 rings (SSSR count). The van der Waals surface area contributed by atoms with E-state index in [0.29, 0.717) is 0 Å². The van der Waals surface area contributed by atoms with Crippen molar-refractivity contribution in [3.63, 3.8) is 0 Å². The third-order valence-electron chi connectivity index (χ3n) is 1.64. The highest BCUT2D eigenvalue weighted by Crippen LogP contribution is 2.23. The number of hydrogen-bond acceptors (Lipinski definition) is 4. The van der Waals surface area contributed by atoms with Crippen LogP contribution < -0.4 is 5.32 Å². The average molecular weight is 161 g/mol. The summed E-state index contributed by atoms with van der Waals surface area (Å²) in [5.74, 6) is 1.06. The molecule has 0 bridgehead atoms. The minimum atomic E-state index is 0.146. The fraction of sp³-hybridized carbons (Fsp3) is 1.00. The van der Waals surface area contributed by atoms with Crippen LogP contribution in [0, 0.1) is 0 Å². The second-order valence-corrected chi connectivity index (χ2v) is 3.56. The minimum Gasteiger partial charge on any atom is -0.362 e. The van der Waals surface area contributed by atoms with E-state index >= 15 is 0 Å². The van der Waals surface area contributed by atoms with Crippen LogP contribution in [0.15, 0.2) is 0 Å². The molecule has 0 aromatic rings. The molecule has 0 radical (unpaired) electrons. The monoisotopic (exact) mass is 161 g/mol. The summed E-state index contributed by atoms with van der Waals surface area (Å²) in [5.41, 5.74) is 0.238. The molecule has 58 valence electrons. The summed E-state index contributed by atoms with van der Waals surface area (Å²) >= 11 is 1.84. The maximum atomic E-state index is 5.46. The molecule has 0 aromatic heterocycles. The van der Waals surface area contributed by atoms with Gasteiger partial charge in [0.05, 0.1) is 13.2 Å². The van der Waals surface area contributed by atoms with E-state index in [1.165, 1.54) is 0 Å². The van der Waals surface area contributed by atoms with Crippen molar-refractivity contribution in [1.82, 2.24) is 5.32 Å². The molecule has 2 fully saturated rings. The van der Waals surface area contributed by atoms with Gasteiger partial charge in [-0.25, -0.2) is 0 Å². The molecule has 4 heteroatoms. The molecule has 2 unspecified atom stereocenters. The molecular weight excluding hydrogens is 150 g/mol. The van der Waals surface area contributed by atoms with Crippen molar-refractivity contribution in [3.05, 3.63) is 0 Å². The summed E-state index contributed by atoms with van der Waals surface area (Å²) in [5, 5.41) is 3.25. The van der Waals surface area contributed by atoms with Crippen molar-refractivity contribution >= 4 is 11.8 Å². The Hall–Kier alpha value is 0.230. The van der Waals surface area contributed by atoms with Crippen LogP contribution in [0.2, 0.25) is 0 Å². The van der Waals surface area contributed by atoms with E-state index in [1.54, 1.807) is 0 Å². The van der Waals surface area contributed by atoms with Crippen molar-refractivity contribution in [3.8, 4) is 0 Å². The van der Waals surface area contributed by atoms with Crippen LogP contribution in [0.5, 0.6) is 0 Å². The van der Waals surface area contributed by atoms with Gasteiger partial charge in [-0.2, -0.15) is 0 Å². The first-order chi connectivity index (χ1) is 4.97. The summed E-state index contributed by atoms with van der Waals surface area (Å²) < 4.78 is 10.9. The number of rotatable bonds is 0. The summed E-state index contributed by atoms with van der Waals surface area (Å²) in [6.07, 6.45) is 0.146. The van der Waals surface area contributed by atoms with Crippen molar-refractivity contribution in [2.45, 2.75) is 11.7 Å². The Bertz CT molecular complexity index is 96.3. The van der Waals surface area contributed by atoms with Crippen LogP contribution in [0.3, 0.4) is 0 Å². The lowest BCUT2D eigenvalue weighted by atomic mass is 10.5. The lowest BCUT2D eigenvalue weighted by molar-refractivity contribution is -0.0797. The van der Waals surface area contributed by atoms with E-state index in [9.17, 15) is 0 Å². The van der Waals surface area contributed by atoms with E-state index in [1.807, 2.05) is 11.8 Å². The number of morpholine rings is 1. The zero-order valence-electron chi connectivity index (χ0n) is 5.71. The van der Waals surface area contributed by atoms with Gasteiger partial charge in [-0.15, -0.1) is 11.8 Å². The standard InChI is InChI=1S/C6H11NO2S/c1-2-9-6-5(7-1)8-3-4-10-6/h5-7H,1-4H2. The van der Waals surface area contributed by atoms with Gasteiger partial charge in [0, 0.05) is 12.3 Å². The number of fused-ring (bicyclic) bond motifs is 1. The molecule has 2 aliphatic rings. The Kier molecular flexibility index (Phi) is 2.13. The van der Waals surface area contributed by atoms with Crippen molar-refractivity contribution in [1.29, 1.82) is 0 Å². The largest absolute Gasteiger partial charge is 0.362 e. The molecule has 10 heavy (non-hydrogen) atoms. The van der Waals surface area contributed by atoms with E-state index in [4.69, 9.17) is 9.47 Å². The Balaban J connectivity index is 1.93. The molecule has 0 saturated carbocycles. The highest BCUT2D eigenvalue weighted by Gasteiger charge is 2.29. The fourth-order valence-electron chi connectivity index (χ4n) is 1.17. The Morgan fingerprint density at radius 1 is 1.30 bits per heavy atom. The molecule has 0 spiro atoms. The van der Waals surface area contributed by atoms with Gasteiger partial charge >= 0.3 is 0 Å². The maximum Gasteiger partial charge on any atom is 0.144 e. The van der Waals surface area contributed by atoms with Crippen LogP contribution in [0.25, 0.3) is 0 Å². The first-order valence-electron chi connectivity index (χ1n) is 3.55. The van der Waals surface area contributed by atoms with Gasteiger partial charge in [0.15, 0.2) is 0 Å². The number of nitrogens with one attached hydrogen (secondary N) is 1. The zero-order chi connectivity index (χ0) is 6.81. The van der Waals surface area contributed by atoms with Crippen LogP contribution in [0.4, 0.5) is 0 Å². The molecule has 2 saturated heterocycles. The van der Waals surface area contributed by atoms with E-state index < -0.39 is 0 Å². The van der Waals surface area contributed by atoms with Crippen LogP contribution in [-0.4, -0.2) is 37.2 Å². The van der Waals surface area contributed by atoms with Crippen LogP contribution in [-0.2, 0) is 9.47 Å². The topological polar surface area (TPSA) is 30.5 Å². The van der Waals surface area contributed by atoms with Gasteiger partial charge in [-0.1, -0.05) is 0 Å². The Morgan fingerprint density at radius 2 is 2.30 bits per heavy atom. The zero-order valence-corrected chi connectivity index (χ0v) is 6.52. The minimum absolute atomic E-state index is 0.146. The van der Waals surface area contributed by atoms with Gasteiger partial charge in [-0.3, -0.25) is 5.32 Å². The summed E-state index contributed by atoms with van der Waals surface area (Å²) in [4.78, 5) is 0. The normalized spacial score (nSPS) is 40.8. The molecular formula is C6H11NO2S. The van der Waals surface area contributed by atoms with E-state index in [-0.39, 0.29) is 11.7 Å². The summed E-state index contributed by atoms with van der Waals surface area (Å²) in [7, 11) is 0. The molecule has 1 N–H and O–H groups in total. The SMILES string of the molecule is C1COC2SCCOC2N1. The summed E-state index contributed by atoms with van der Waals surface area (Å²) in [6.45, 7) is 2.58. The third-order valence-corrected chi connectivity index (χ3v) is 2.75. The molecule has 2 aliphatic heterocycles. The molecule has 0 aliphatic carbocycles. The van der Waals surface area contributed by atoms with Gasteiger partial charge in [0.25, 0.3) is 0 Å². The van der Waals surface area contributed by atoms with Crippen molar-refractivity contribution in [2.24, 2.45) is 0 Å². The predicted molar refractivity (Wildman–Crippen MR) is 39.9 cm³/mol. The quantitative estimate of drug-likeness (QED) is 0.542. The third kappa shape index (κ3) is 1.29. The highest BCUT2D eigenvalue weighted by molar-refractivity contribution is 7.99. The predicted octanol–water partition coefficient (Wildman–Crippen LogP) is 0.0218. The highest BCUT2D eigenvalue weighted by atomic mass is 32.2. The Morgan fingerprint density at radius 3 is 3.20 bits per heavy atom. The first-order valence-corrected chi connectivity index (χ1v) is 4.60. The number of hydrogen-bond donors (Lipinski definition) is 1. The van der Waals surface area contributed by atoms with Crippen LogP contribution in [0.1, 0.15) is 0 Å². The van der Waals surface area contributed by atoms with Gasteiger partial charge in [0.2, 0.25) is 0 Å². The molecule has 0 aromatic carbocycles. The average Bonchev–Trinajstić information content (AvgIpc) is 2.05. The summed E-state index contributed by atoms with van der Waals surface area (Å²) in [6, 6.07) is 0. The lowest BCUT2D eigenvalue weighted by Crippen LogP contribution is -2.50.